The van der Waals surface area contributed by atoms with Crippen LogP contribution in [0, 0.1) is 17.2 Å². The van der Waals surface area contributed by atoms with Crippen molar-refractivity contribution in [1.82, 2.24) is 10.2 Å². The molecule has 2 rings (SSSR count). The van der Waals surface area contributed by atoms with Crippen LogP contribution in [0.25, 0.3) is 0 Å². The minimum atomic E-state index is -1.72. The fourth-order valence-corrected chi connectivity index (χ4v) is 4.20. The molecule has 198 valence electrons. The van der Waals surface area contributed by atoms with Crippen molar-refractivity contribution in [1.29, 1.82) is 5.26 Å². The Hall–Kier alpha value is -3.35. The standard InChI is InChI=1S/C28H38BN3O5/c1-5-32(28(2,3)4)26(33)24(20-30)15-14-22-12-9-13-23(18-22)16-17-37-27(34)31-25(29(35)36)19-21-10-7-6-8-11-21/h6-13,18,24-25,35-36H,5,14-17,19H2,1-4H3,(H,31,34)/t24?,25-/m0/s1. The first kappa shape index (κ1) is 29.9. The smallest absolute Gasteiger partial charge is 0.449 e. The second-order valence-corrected chi connectivity index (χ2v) is 10.0. The molecule has 1 unspecified atom stereocenters. The first-order valence-electron chi connectivity index (χ1n) is 12.7. The summed E-state index contributed by atoms with van der Waals surface area (Å²) in [7, 11) is -1.72. The van der Waals surface area contributed by atoms with Crippen LogP contribution in [0.4, 0.5) is 4.79 Å². The molecule has 0 saturated carbocycles. The van der Waals surface area contributed by atoms with Crippen molar-refractivity contribution in [3.8, 4) is 6.07 Å². The Balaban J connectivity index is 1.86. The summed E-state index contributed by atoms with van der Waals surface area (Å²) in [6.45, 7) is 8.47. The maximum Gasteiger partial charge on any atom is 0.475 e. The third-order valence-electron chi connectivity index (χ3n) is 6.14. The molecular formula is C28H38BN3O5. The highest BCUT2D eigenvalue weighted by Crippen LogP contribution is 2.20. The van der Waals surface area contributed by atoms with Gasteiger partial charge in [-0.25, -0.2) is 4.79 Å². The first-order valence-corrected chi connectivity index (χ1v) is 12.7. The summed E-state index contributed by atoms with van der Waals surface area (Å²) in [6, 6.07) is 19.2. The van der Waals surface area contributed by atoms with Gasteiger partial charge in [-0.05, 0) is 63.6 Å². The lowest BCUT2D eigenvalue weighted by molar-refractivity contribution is -0.138. The van der Waals surface area contributed by atoms with Crippen LogP contribution in [0.2, 0.25) is 0 Å². The minimum absolute atomic E-state index is 0.116. The molecule has 0 radical (unpaired) electrons. The van der Waals surface area contributed by atoms with Gasteiger partial charge in [0, 0.05) is 18.5 Å². The lowest BCUT2D eigenvalue weighted by Crippen LogP contribution is -2.48. The lowest BCUT2D eigenvalue weighted by Gasteiger charge is -2.36. The summed E-state index contributed by atoms with van der Waals surface area (Å²) in [5.41, 5.74) is 2.47. The molecule has 0 aliphatic carbocycles. The van der Waals surface area contributed by atoms with Crippen LogP contribution in [-0.2, 0) is 28.8 Å². The third kappa shape index (κ3) is 9.91. The van der Waals surface area contributed by atoms with Gasteiger partial charge in [-0.2, -0.15) is 5.26 Å². The molecule has 0 aromatic heterocycles. The Kier molecular flexibility index (Phi) is 11.6. The number of benzene rings is 2. The predicted molar refractivity (Wildman–Crippen MR) is 143 cm³/mol. The third-order valence-corrected chi connectivity index (χ3v) is 6.14. The summed E-state index contributed by atoms with van der Waals surface area (Å²) in [6.07, 6.45) is 1.01. The number of carbonyl (C=O) groups excluding carboxylic acids is 2. The molecule has 0 bridgehead atoms. The summed E-state index contributed by atoms with van der Waals surface area (Å²) in [5, 5.41) is 31.4. The molecule has 8 nitrogen and oxygen atoms in total. The summed E-state index contributed by atoms with van der Waals surface area (Å²) < 4.78 is 5.26. The molecule has 37 heavy (non-hydrogen) atoms. The van der Waals surface area contributed by atoms with Crippen molar-refractivity contribution in [2.75, 3.05) is 13.2 Å². The van der Waals surface area contributed by atoms with Crippen molar-refractivity contribution in [2.45, 2.75) is 64.9 Å². The second kappa shape index (κ2) is 14.4. The van der Waals surface area contributed by atoms with Gasteiger partial charge in [0.1, 0.15) is 5.92 Å². The van der Waals surface area contributed by atoms with Gasteiger partial charge in [0.15, 0.2) is 0 Å². The number of alkyl carbamates (subject to hydrolysis) is 1. The van der Waals surface area contributed by atoms with E-state index in [0.717, 1.165) is 16.7 Å². The Morgan fingerprint density at radius 1 is 1.05 bits per heavy atom. The van der Waals surface area contributed by atoms with E-state index in [-0.39, 0.29) is 24.5 Å². The number of nitrogens with one attached hydrogen (secondary N) is 1. The highest BCUT2D eigenvalue weighted by Gasteiger charge is 2.30. The zero-order chi connectivity index (χ0) is 27.4. The molecule has 2 amide bonds. The highest BCUT2D eigenvalue weighted by atomic mass is 16.5. The fourth-order valence-electron chi connectivity index (χ4n) is 4.20. The van der Waals surface area contributed by atoms with Crippen molar-refractivity contribution < 1.29 is 24.4 Å². The number of nitriles is 1. The molecule has 2 aromatic rings. The molecule has 0 heterocycles. The van der Waals surface area contributed by atoms with Crippen LogP contribution in [0.1, 0.15) is 50.8 Å². The molecular weight excluding hydrogens is 469 g/mol. The van der Waals surface area contributed by atoms with Gasteiger partial charge in [-0.15, -0.1) is 0 Å². The number of nitrogens with zero attached hydrogens (tertiary/aromatic N) is 2. The highest BCUT2D eigenvalue weighted by molar-refractivity contribution is 6.43. The van der Waals surface area contributed by atoms with E-state index >= 15 is 0 Å². The van der Waals surface area contributed by atoms with E-state index in [1.165, 1.54) is 0 Å². The van der Waals surface area contributed by atoms with E-state index in [0.29, 0.717) is 25.8 Å². The second-order valence-electron chi connectivity index (χ2n) is 10.0. The van der Waals surface area contributed by atoms with Crippen LogP contribution in [0.15, 0.2) is 54.6 Å². The van der Waals surface area contributed by atoms with Gasteiger partial charge >= 0.3 is 13.2 Å². The Labute approximate surface area is 220 Å². The van der Waals surface area contributed by atoms with E-state index in [4.69, 9.17) is 4.74 Å². The average Bonchev–Trinajstić information content (AvgIpc) is 2.84. The fraction of sp³-hybridized carbons (Fsp3) is 0.464. The first-order chi connectivity index (χ1) is 17.5. The van der Waals surface area contributed by atoms with Crippen molar-refractivity contribution in [2.24, 2.45) is 5.92 Å². The van der Waals surface area contributed by atoms with E-state index in [1.807, 2.05) is 82.3 Å². The Bertz CT molecular complexity index is 1050. The molecule has 0 saturated heterocycles. The maximum absolute atomic E-state index is 12.9. The molecule has 0 aliphatic heterocycles. The van der Waals surface area contributed by atoms with Gasteiger partial charge in [-0.3, -0.25) is 4.79 Å². The number of rotatable bonds is 12. The maximum atomic E-state index is 12.9. The molecule has 0 spiro atoms. The van der Waals surface area contributed by atoms with Crippen molar-refractivity contribution in [3.63, 3.8) is 0 Å². The van der Waals surface area contributed by atoms with Gasteiger partial charge in [0.25, 0.3) is 0 Å². The predicted octanol–water partition coefficient (Wildman–Crippen LogP) is 3.30. The summed E-state index contributed by atoms with van der Waals surface area (Å²) >= 11 is 0. The molecule has 0 fully saturated rings. The average molecular weight is 507 g/mol. The van der Waals surface area contributed by atoms with E-state index in [9.17, 15) is 24.9 Å². The number of aryl methyl sites for hydroxylation is 1. The zero-order valence-corrected chi connectivity index (χ0v) is 22.2. The molecule has 2 atom stereocenters. The topological polar surface area (TPSA) is 123 Å². The Morgan fingerprint density at radius 2 is 1.68 bits per heavy atom. The number of ether oxygens (including phenoxy) is 1. The van der Waals surface area contributed by atoms with Crippen LogP contribution >= 0.6 is 0 Å². The van der Waals surface area contributed by atoms with Gasteiger partial charge in [0.05, 0.1) is 18.6 Å². The number of carbonyl (C=O) groups is 2. The molecule has 3 N–H and O–H groups in total. The SMILES string of the molecule is CCN(C(=O)C(C#N)CCc1cccc(CCOC(=O)N[C@@H](Cc2ccccc2)B(O)O)c1)C(C)(C)C. The normalized spacial score (nSPS) is 12.7. The summed E-state index contributed by atoms with van der Waals surface area (Å²) in [5.74, 6) is -1.75. The van der Waals surface area contributed by atoms with Crippen LogP contribution in [-0.4, -0.2) is 58.7 Å². The summed E-state index contributed by atoms with van der Waals surface area (Å²) in [4.78, 5) is 26.8. The van der Waals surface area contributed by atoms with Crippen molar-refractivity contribution >= 4 is 19.1 Å². The number of amides is 2. The number of hydrogen-bond donors (Lipinski definition) is 3. The molecule has 2 aromatic carbocycles. The molecule has 9 heteroatoms. The van der Waals surface area contributed by atoms with Gasteiger partial charge in [-0.1, -0.05) is 54.6 Å². The van der Waals surface area contributed by atoms with Gasteiger partial charge < -0.3 is 25.0 Å². The van der Waals surface area contributed by atoms with Crippen molar-refractivity contribution in [3.05, 3.63) is 71.3 Å². The van der Waals surface area contributed by atoms with Gasteiger partial charge in [0.2, 0.25) is 5.91 Å². The van der Waals surface area contributed by atoms with E-state index in [2.05, 4.69) is 11.4 Å². The number of hydrogen-bond acceptors (Lipinski definition) is 6. The van der Waals surface area contributed by atoms with Crippen LogP contribution < -0.4 is 5.32 Å². The largest absolute Gasteiger partial charge is 0.475 e. The quantitative estimate of drug-likeness (QED) is 0.379. The van der Waals surface area contributed by atoms with Crippen LogP contribution in [0.5, 0.6) is 0 Å². The zero-order valence-electron chi connectivity index (χ0n) is 22.2. The lowest BCUT2D eigenvalue weighted by atomic mass is 9.76. The van der Waals surface area contributed by atoms with E-state index < -0.39 is 25.1 Å². The van der Waals surface area contributed by atoms with Crippen LogP contribution in [0.3, 0.4) is 0 Å². The minimum Gasteiger partial charge on any atom is -0.449 e. The molecule has 0 aliphatic rings. The van der Waals surface area contributed by atoms with E-state index in [1.54, 1.807) is 4.90 Å². The Morgan fingerprint density at radius 3 is 2.24 bits per heavy atom. The monoisotopic (exact) mass is 507 g/mol.